The van der Waals surface area contributed by atoms with Crippen LogP contribution >= 0.6 is 0 Å². The molecule has 0 aliphatic carbocycles. The van der Waals surface area contributed by atoms with Gasteiger partial charge in [-0.2, -0.15) is 0 Å². The molecular weight excluding hydrogens is 284 g/mol. The van der Waals surface area contributed by atoms with Gasteiger partial charge in [-0.15, -0.1) is 0 Å². The van der Waals surface area contributed by atoms with E-state index in [1.165, 1.54) is 4.90 Å². The highest BCUT2D eigenvalue weighted by Crippen LogP contribution is 2.21. The first-order valence-electron chi connectivity index (χ1n) is 8.33. The second-order valence-corrected chi connectivity index (χ2v) is 6.39. The lowest BCUT2D eigenvalue weighted by atomic mass is 10.1. The van der Waals surface area contributed by atoms with Gasteiger partial charge in [-0.05, 0) is 25.7 Å². The lowest BCUT2D eigenvalue weighted by molar-refractivity contribution is -0.137. The molecule has 1 atom stereocenters. The predicted molar refractivity (Wildman–Crippen MR) is 81.3 cm³/mol. The molecule has 3 heterocycles. The van der Waals surface area contributed by atoms with Crippen molar-refractivity contribution < 1.29 is 14.3 Å². The van der Waals surface area contributed by atoms with Gasteiger partial charge in [-0.25, -0.2) is 4.79 Å². The number of amides is 3. The summed E-state index contributed by atoms with van der Waals surface area (Å²) in [6.07, 6.45) is 3.78. The van der Waals surface area contributed by atoms with E-state index in [2.05, 4.69) is 4.90 Å². The van der Waals surface area contributed by atoms with Crippen LogP contribution in [-0.4, -0.2) is 84.7 Å². The third-order valence-electron chi connectivity index (χ3n) is 5.15. The van der Waals surface area contributed by atoms with Gasteiger partial charge in [0.1, 0.15) is 6.04 Å². The maximum Gasteiger partial charge on any atom is 0.315 e. The standard InChI is InChI=1S/C15H26N4O3/c16-15(21)19-5-1-2-13(19)14(20)18-8-6-17(7-9-18)12-3-10-22-11-4-12/h12-13H,1-11H2,(H2,16,21)/t13-/m0/s1. The average Bonchev–Trinajstić information content (AvgIpc) is 3.05. The van der Waals surface area contributed by atoms with Crippen molar-refractivity contribution in [1.29, 1.82) is 0 Å². The van der Waals surface area contributed by atoms with Crippen LogP contribution in [0.25, 0.3) is 0 Å². The first kappa shape index (κ1) is 15.6. The highest BCUT2D eigenvalue weighted by molar-refractivity contribution is 5.87. The molecule has 0 unspecified atom stereocenters. The van der Waals surface area contributed by atoms with Crippen molar-refractivity contribution in [2.45, 2.75) is 37.8 Å². The number of primary amides is 1. The normalized spacial score (nSPS) is 28.1. The van der Waals surface area contributed by atoms with Gasteiger partial charge >= 0.3 is 6.03 Å². The van der Waals surface area contributed by atoms with E-state index >= 15 is 0 Å². The molecule has 3 aliphatic heterocycles. The van der Waals surface area contributed by atoms with Gasteiger partial charge in [0.15, 0.2) is 0 Å². The topological polar surface area (TPSA) is 79.1 Å². The number of likely N-dealkylation sites (tertiary alicyclic amines) is 1. The van der Waals surface area contributed by atoms with Crippen LogP contribution in [0.5, 0.6) is 0 Å². The molecule has 3 rings (SSSR count). The minimum Gasteiger partial charge on any atom is -0.381 e. The molecule has 0 aromatic rings. The van der Waals surface area contributed by atoms with E-state index in [9.17, 15) is 9.59 Å². The summed E-state index contributed by atoms with van der Waals surface area (Å²) in [5, 5.41) is 0. The van der Waals surface area contributed by atoms with Gasteiger partial charge in [-0.3, -0.25) is 9.69 Å². The summed E-state index contributed by atoms with van der Waals surface area (Å²) in [5.74, 6) is 0.0722. The van der Waals surface area contributed by atoms with E-state index < -0.39 is 6.03 Å². The first-order chi connectivity index (χ1) is 10.7. The predicted octanol–water partition coefficient (Wildman–Crippen LogP) is -0.147. The van der Waals surface area contributed by atoms with Gasteiger partial charge in [0.2, 0.25) is 5.91 Å². The Bertz CT molecular complexity index is 417. The fraction of sp³-hybridized carbons (Fsp3) is 0.867. The highest BCUT2D eigenvalue weighted by Gasteiger charge is 2.37. The molecule has 3 saturated heterocycles. The molecule has 7 heteroatoms. The quantitative estimate of drug-likeness (QED) is 0.769. The smallest absolute Gasteiger partial charge is 0.315 e. The number of urea groups is 1. The van der Waals surface area contributed by atoms with Crippen LogP contribution < -0.4 is 5.73 Å². The third-order valence-corrected chi connectivity index (χ3v) is 5.15. The molecule has 0 spiro atoms. The Kier molecular flexibility index (Phi) is 4.83. The molecule has 22 heavy (non-hydrogen) atoms. The lowest BCUT2D eigenvalue weighted by Gasteiger charge is -2.41. The zero-order valence-corrected chi connectivity index (χ0v) is 13.1. The van der Waals surface area contributed by atoms with Gasteiger partial charge in [0.25, 0.3) is 0 Å². The summed E-state index contributed by atoms with van der Waals surface area (Å²) in [6, 6.07) is -0.219. The Balaban J connectivity index is 1.52. The Hall–Kier alpha value is -1.34. The largest absolute Gasteiger partial charge is 0.381 e. The van der Waals surface area contributed by atoms with Crippen LogP contribution in [0.15, 0.2) is 0 Å². The molecular formula is C15H26N4O3. The van der Waals surface area contributed by atoms with E-state index in [1.54, 1.807) is 0 Å². The molecule has 0 aromatic carbocycles. The number of carbonyl (C=O) groups excluding carboxylic acids is 2. The van der Waals surface area contributed by atoms with Gasteiger partial charge < -0.3 is 20.3 Å². The van der Waals surface area contributed by atoms with E-state index in [-0.39, 0.29) is 11.9 Å². The number of ether oxygens (including phenoxy) is 1. The van der Waals surface area contributed by atoms with Crippen molar-refractivity contribution in [3.63, 3.8) is 0 Å². The molecule has 2 N–H and O–H groups in total. The van der Waals surface area contributed by atoms with Crippen LogP contribution in [0.2, 0.25) is 0 Å². The van der Waals surface area contributed by atoms with Crippen molar-refractivity contribution in [1.82, 2.24) is 14.7 Å². The fourth-order valence-corrected chi connectivity index (χ4v) is 3.86. The maximum absolute atomic E-state index is 12.6. The SMILES string of the molecule is NC(=O)N1CCC[C@H]1C(=O)N1CCN(C2CCOCC2)CC1. The molecule has 3 amide bonds. The Morgan fingerprint density at radius 2 is 1.64 bits per heavy atom. The first-order valence-corrected chi connectivity index (χ1v) is 8.33. The van der Waals surface area contributed by atoms with Gasteiger partial charge in [0, 0.05) is 52.0 Å². The number of piperazine rings is 1. The molecule has 7 nitrogen and oxygen atoms in total. The fourth-order valence-electron chi connectivity index (χ4n) is 3.86. The number of nitrogens with two attached hydrogens (primary N) is 1. The maximum atomic E-state index is 12.6. The van der Waals surface area contributed by atoms with E-state index in [4.69, 9.17) is 10.5 Å². The van der Waals surface area contributed by atoms with Crippen molar-refractivity contribution in [3.8, 4) is 0 Å². The number of hydrogen-bond acceptors (Lipinski definition) is 4. The lowest BCUT2D eigenvalue weighted by Crippen LogP contribution is -2.57. The highest BCUT2D eigenvalue weighted by atomic mass is 16.5. The number of rotatable bonds is 2. The van der Waals surface area contributed by atoms with Crippen molar-refractivity contribution in [3.05, 3.63) is 0 Å². The molecule has 0 aromatic heterocycles. The number of nitrogens with zero attached hydrogens (tertiary/aromatic N) is 3. The molecule has 124 valence electrons. The molecule has 3 aliphatic rings. The monoisotopic (exact) mass is 310 g/mol. The van der Waals surface area contributed by atoms with Crippen LogP contribution in [-0.2, 0) is 9.53 Å². The Morgan fingerprint density at radius 1 is 0.955 bits per heavy atom. The second-order valence-electron chi connectivity index (χ2n) is 6.39. The van der Waals surface area contributed by atoms with Gasteiger partial charge in [-0.1, -0.05) is 0 Å². The van der Waals surface area contributed by atoms with Crippen molar-refractivity contribution in [2.24, 2.45) is 5.73 Å². The van der Waals surface area contributed by atoms with Crippen molar-refractivity contribution >= 4 is 11.9 Å². The van der Waals surface area contributed by atoms with E-state index in [0.717, 1.165) is 65.1 Å². The summed E-state index contributed by atoms with van der Waals surface area (Å²) in [5.41, 5.74) is 5.37. The summed E-state index contributed by atoms with van der Waals surface area (Å²) in [7, 11) is 0. The zero-order valence-electron chi connectivity index (χ0n) is 13.1. The minimum atomic E-state index is -0.475. The second kappa shape index (κ2) is 6.83. The van der Waals surface area contributed by atoms with Gasteiger partial charge in [0.05, 0.1) is 0 Å². The molecule has 0 saturated carbocycles. The van der Waals surface area contributed by atoms with Crippen LogP contribution in [0, 0.1) is 0 Å². The van der Waals surface area contributed by atoms with Crippen LogP contribution in [0.3, 0.4) is 0 Å². The van der Waals surface area contributed by atoms with E-state index in [0.29, 0.717) is 12.6 Å². The zero-order chi connectivity index (χ0) is 15.5. The average molecular weight is 310 g/mol. The molecule has 3 fully saturated rings. The summed E-state index contributed by atoms with van der Waals surface area (Å²) in [4.78, 5) is 30.0. The minimum absolute atomic E-state index is 0.0722. The molecule has 0 bridgehead atoms. The Labute approximate surface area is 131 Å². The van der Waals surface area contributed by atoms with E-state index in [1.807, 2.05) is 4.90 Å². The molecule has 0 radical (unpaired) electrons. The number of carbonyl (C=O) groups is 2. The summed E-state index contributed by atoms with van der Waals surface area (Å²) in [6.45, 7) is 5.63. The summed E-state index contributed by atoms with van der Waals surface area (Å²) >= 11 is 0. The van der Waals surface area contributed by atoms with Crippen LogP contribution in [0.4, 0.5) is 4.79 Å². The van der Waals surface area contributed by atoms with Crippen molar-refractivity contribution in [2.75, 3.05) is 45.9 Å². The Morgan fingerprint density at radius 3 is 2.27 bits per heavy atom. The third kappa shape index (κ3) is 3.20. The van der Waals surface area contributed by atoms with Crippen LogP contribution in [0.1, 0.15) is 25.7 Å². The summed E-state index contributed by atoms with van der Waals surface area (Å²) < 4.78 is 5.41. The number of hydrogen-bond donors (Lipinski definition) is 1.